The maximum atomic E-state index is 12.2. The molecule has 0 aromatic heterocycles. The summed E-state index contributed by atoms with van der Waals surface area (Å²) in [5.41, 5.74) is 2.93. The molecular weight excluding hydrogens is 278 g/mol. The number of carbonyl (C=O) groups is 1. The number of hydrogen-bond acceptors (Lipinski definition) is 4. The van der Waals surface area contributed by atoms with Crippen molar-refractivity contribution in [3.8, 4) is 0 Å². The fourth-order valence-corrected chi connectivity index (χ4v) is 2.51. The zero-order chi connectivity index (χ0) is 15.9. The van der Waals surface area contributed by atoms with Crippen LogP contribution in [0.15, 0.2) is 53.9 Å². The summed E-state index contributed by atoms with van der Waals surface area (Å²) < 4.78 is 10.4. The molecule has 0 bridgehead atoms. The van der Waals surface area contributed by atoms with Gasteiger partial charge in [0.05, 0.1) is 18.8 Å². The van der Waals surface area contributed by atoms with Crippen molar-refractivity contribution in [3.05, 3.63) is 59.4 Å². The van der Waals surface area contributed by atoms with E-state index >= 15 is 0 Å². The number of hydrogen-bond donors (Lipinski definition) is 0. The first-order chi connectivity index (χ1) is 10.7. The van der Waals surface area contributed by atoms with Gasteiger partial charge in [-0.25, -0.2) is 4.79 Å². The third-order valence-electron chi connectivity index (χ3n) is 3.69. The molecule has 1 aromatic rings. The van der Waals surface area contributed by atoms with E-state index in [1.807, 2.05) is 43.1 Å². The van der Waals surface area contributed by atoms with Gasteiger partial charge in [-0.2, -0.15) is 0 Å². The van der Waals surface area contributed by atoms with Gasteiger partial charge in [-0.15, -0.1) is 0 Å². The number of benzene rings is 1. The van der Waals surface area contributed by atoms with Crippen LogP contribution >= 0.6 is 0 Å². The van der Waals surface area contributed by atoms with Crippen molar-refractivity contribution in [1.29, 1.82) is 0 Å². The lowest BCUT2D eigenvalue weighted by Crippen LogP contribution is -2.26. The lowest BCUT2D eigenvalue weighted by molar-refractivity contribution is -0.139. The van der Waals surface area contributed by atoms with Crippen molar-refractivity contribution in [1.82, 2.24) is 4.90 Å². The topological polar surface area (TPSA) is 38.8 Å². The van der Waals surface area contributed by atoms with Crippen molar-refractivity contribution in [2.75, 3.05) is 20.3 Å². The van der Waals surface area contributed by atoms with E-state index in [0.29, 0.717) is 25.3 Å². The predicted molar refractivity (Wildman–Crippen MR) is 85.8 cm³/mol. The molecule has 0 spiro atoms. The molecule has 0 aliphatic carbocycles. The molecule has 22 heavy (non-hydrogen) atoms. The van der Waals surface area contributed by atoms with Crippen molar-refractivity contribution >= 4 is 5.97 Å². The molecule has 0 amide bonds. The van der Waals surface area contributed by atoms with Gasteiger partial charge in [0.2, 0.25) is 0 Å². The summed E-state index contributed by atoms with van der Waals surface area (Å²) in [6.07, 6.45) is 3.94. The van der Waals surface area contributed by atoms with E-state index in [2.05, 4.69) is 18.3 Å². The second kappa shape index (κ2) is 7.80. The van der Waals surface area contributed by atoms with Crippen molar-refractivity contribution < 1.29 is 14.3 Å². The van der Waals surface area contributed by atoms with Gasteiger partial charge in [0.25, 0.3) is 0 Å². The molecule has 0 saturated heterocycles. The lowest BCUT2D eigenvalue weighted by Gasteiger charge is -2.29. The molecule has 0 saturated carbocycles. The van der Waals surface area contributed by atoms with Gasteiger partial charge < -0.3 is 14.4 Å². The van der Waals surface area contributed by atoms with Crippen LogP contribution in [0.4, 0.5) is 0 Å². The summed E-state index contributed by atoms with van der Waals surface area (Å²) in [6, 6.07) is 10.2. The van der Waals surface area contributed by atoms with Crippen LogP contribution in [0.5, 0.6) is 0 Å². The number of nitrogens with zero attached hydrogens (tertiary/aromatic N) is 1. The monoisotopic (exact) mass is 301 g/mol. The first-order valence-electron chi connectivity index (χ1n) is 7.53. The third-order valence-corrected chi connectivity index (χ3v) is 3.69. The Hall–Kier alpha value is -2.07. The number of methoxy groups -OCH3 is 1. The van der Waals surface area contributed by atoms with E-state index in [-0.39, 0.29) is 11.9 Å². The molecule has 1 aromatic carbocycles. The van der Waals surface area contributed by atoms with E-state index in [1.54, 1.807) is 7.11 Å². The van der Waals surface area contributed by atoms with Crippen LogP contribution in [0.2, 0.25) is 0 Å². The summed E-state index contributed by atoms with van der Waals surface area (Å²) in [6.45, 7) is 5.42. The van der Waals surface area contributed by atoms with Gasteiger partial charge >= 0.3 is 5.97 Å². The van der Waals surface area contributed by atoms with E-state index in [1.165, 1.54) is 5.56 Å². The highest BCUT2D eigenvalue weighted by molar-refractivity contribution is 5.89. The molecular formula is C18H23NO3. The summed E-state index contributed by atoms with van der Waals surface area (Å²) >= 11 is 0. The number of esters is 1. The summed E-state index contributed by atoms with van der Waals surface area (Å²) in [5.74, 6) is -0.249. The highest BCUT2D eigenvalue weighted by atomic mass is 16.5. The van der Waals surface area contributed by atoms with E-state index < -0.39 is 0 Å². The number of carbonyl (C=O) groups excluding carboxylic acids is 1. The first kappa shape index (κ1) is 16.3. The molecule has 4 heteroatoms. The standard InChI is InChI=1S/C18H23NO3/c1-4-22-18(20)17-12-19(10-15-8-6-5-7-9-15)11-16(13-21-3)14(17)2/h5-9,11-12,14H,4,10,13H2,1-3H3. The van der Waals surface area contributed by atoms with Gasteiger partial charge in [-0.05, 0) is 18.1 Å². The summed E-state index contributed by atoms with van der Waals surface area (Å²) in [5, 5.41) is 0. The largest absolute Gasteiger partial charge is 0.463 e. The van der Waals surface area contributed by atoms with Gasteiger partial charge in [-0.3, -0.25) is 0 Å². The fraction of sp³-hybridized carbons (Fsp3) is 0.389. The molecule has 1 atom stereocenters. The summed E-state index contributed by atoms with van der Waals surface area (Å²) in [4.78, 5) is 14.2. The third kappa shape index (κ3) is 3.98. The Balaban J connectivity index is 2.23. The quantitative estimate of drug-likeness (QED) is 0.757. The van der Waals surface area contributed by atoms with Crippen LogP contribution in [0.3, 0.4) is 0 Å². The van der Waals surface area contributed by atoms with E-state index in [9.17, 15) is 4.79 Å². The predicted octanol–water partition coefficient (Wildman–Crippen LogP) is 3.12. The maximum absolute atomic E-state index is 12.2. The van der Waals surface area contributed by atoms with Crippen molar-refractivity contribution in [3.63, 3.8) is 0 Å². The first-order valence-corrected chi connectivity index (χ1v) is 7.53. The highest BCUT2D eigenvalue weighted by Gasteiger charge is 2.26. The van der Waals surface area contributed by atoms with Gasteiger partial charge in [-0.1, -0.05) is 37.3 Å². The van der Waals surface area contributed by atoms with Crippen molar-refractivity contribution in [2.45, 2.75) is 20.4 Å². The molecule has 1 aliphatic heterocycles. The molecule has 1 unspecified atom stereocenters. The Morgan fingerprint density at radius 2 is 1.95 bits per heavy atom. The van der Waals surface area contributed by atoms with E-state index in [0.717, 1.165) is 5.57 Å². The molecule has 0 radical (unpaired) electrons. The molecule has 0 N–H and O–H groups in total. The summed E-state index contributed by atoms with van der Waals surface area (Å²) in [7, 11) is 1.66. The van der Waals surface area contributed by atoms with Gasteiger partial charge in [0.1, 0.15) is 0 Å². The molecule has 0 fully saturated rings. The Bertz CT molecular complexity index is 563. The lowest BCUT2D eigenvalue weighted by atomic mass is 9.91. The Morgan fingerprint density at radius 3 is 2.59 bits per heavy atom. The molecule has 4 nitrogen and oxygen atoms in total. The van der Waals surface area contributed by atoms with Gasteiger partial charge in [0.15, 0.2) is 0 Å². The molecule has 1 aliphatic rings. The highest BCUT2D eigenvalue weighted by Crippen LogP contribution is 2.28. The minimum absolute atomic E-state index is 0.00558. The zero-order valence-corrected chi connectivity index (χ0v) is 13.4. The maximum Gasteiger partial charge on any atom is 0.336 e. The normalized spacial score (nSPS) is 17.8. The second-order valence-corrected chi connectivity index (χ2v) is 5.32. The van der Waals surface area contributed by atoms with Crippen LogP contribution in [0.1, 0.15) is 19.4 Å². The Morgan fingerprint density at radius 1 is 1.23 bits per heavy atom. The molecule has 2 rings (SSSR count). The minimum atomic E-state index is -0.255. The number of ether oxygens (including phenoxy) is 2. The second-order valence-electron chi connectivity index (χ2n) is 5.32. The van der Waals surface area contributed by atoms with Crippen LogP contribution in [-0.2, 0) is 20.8 Å². The molecule has 1 heterocycles. The van der Waals surface area contributed by atoms with Crippen LogP contribution in [0.25, 0.3) is 0 Å². The average Bonchev–Trinajstić information content (AvgIpc) is 2.52. The van der Waals surface area contributed by atoms with Crippen LogP contribution in [-0.4, -0.2) is 31.2 Å². The van der Waals surface area contributed by atoms with Gasteiger partial charge in [0, 0.05) is 32.0 Å². The molecule has 118 valence electrons. The van der Waals surface area contributed by atoms with Crippen LogP contribution < -0.4 is 0 Å². The van der Waals surface area contributed by atoms with E-state index in [4.69, 9.17) is 9.47 Å². The van der Waals surface area contributed by atoms with Crippen LogP contribution in [0, 0.1) is 5.92 Å². The minimum Gasteiger partial charge on any atom is -0.463 e. The number of rotatable bonds is 6. The average molecular weight is 301 g/mol. The Kier molecular flexibility index (Phi) is 5.78. The fourth-order valence-electron chi connectivity index (χ4n) is 2.51. The SMILES string of the molecule is CCOC(=O)C1=CN(Cc2ccccc2)C=C(COC)C1C. The smallest absolute Gasteiger partial charge is 0.336 e. The van der Waals surface area contributed by atoms with Crippen molar-refractivity contribution in [2.24, 2.45) is 5.92 Å². The Labute approximate surface area is 132 Å². The zero-order valence-electron chi connectivity index (χ0n) is 13.4.